The molecule has 0 spiro atoms. The van der Waals surface area contributed by atoms with Crippen LogP contribution in [0.25, 0.3) is 0 Å². The van der Waals surface area contributed by atoms with Crippen LogP contribution in [-0.4, -0.2) is 53.1 Å². The summed E-state index contributed by atoms with van der Waals surface area (Å²) in [6.07, 6.45) is -9.84. The third-order valence-corrected chi connectivity index (χ3v) is 7.81. The Morgan fingerprint density at radius 3 is 2.49 bits per heavy atom. The van der Waals surface area contributed by atoms with Crippen LogP contribution in [0.15, 0.2) is 45.3 Å². The molecular formula is C22H16BrClF6N4O2S. The van der Waals surface area contributed by atoms with Crippen molar-refractivity contribution >= 4 is 57.1 Å². The lowest BCUT2D eigenvalue weighted by Crippen LogP contribution is -2.39. The number of nitrogens with one attached hydrogen (secondary N) is 1. The van der Waals surface area contributed by atoms with Crippen molar-refractivity contribution in [3.05, 3.63) is 68.1 Å². The maximum Gasteiger partial charge on any atom is 0.409 e. The summed E-state index contributed by atoms with van der Waals surface area (Å²) in [5.41, 5.74) is 2.81. The normalized spacial score (nSPS) is 20.4. The first-order chi connectivity index (χ1) is 17.1. The molecule has 1 saturated heterocycles. The first kappa shape index (κ1) is 27.6. The van der Waals surface area contributed by atoms with Gasteiger partial charge in [-0.3, -0.25) is 9.69 Å². The van der Waals surface area contributed by atoms with Crippen molar-refractivity contribution in [3.63, 3.8) is 0 Å². The van der Waals surface area contributed by atoms with Crippen LogP contribution in [0.2, 0.25) is 5.02 Å². The number of hydrogen-bond donors (Lipinski definition) is 1. The standard InChI is InChI=1S/C22H16BrClF6N4O2S/c1-11-6-12(2-4-14(11)18(35)34-10-33(19(36)31-34)9-21(25,26)27)17-8-20(37-32-17,22(28,29)30)15-5-3-13(23)7-16(15)24/h2-7H,8-10H2,1H3,(H,31,36). The molecular weight excluding hydrogens is 614 g/mol. The average molecular weight is 630 g/mol. The fourth-order valence-corrected chi connectivity index (χ4v) is 5.90. The average Bonchev–Trinajstić information content (AvgIpc) is 3.37. The second-order valence-electron chi connectivity index (χ2n) is 8.39. The van der Waals surface area contributed by atoms with Crippen molar-refractivity contribution in [2.45, 2.75) is 30.4 Å². The summed E-state index contributed by atoms with van der Waals surface area (Å²) in [6, 6.07) is 7.26. The zero-order valence-corrected chi connectivity index (χ0v) is 21.8. The van der Waals surface area contributed by atoms with E-state index in [1.807, 2.05) is 0 Å². The van der Waals surface area contributed by atoms with Crippen LogP contribution in [0.4, 0.5) is 31.1 Å². The predicted octanol–water partition coefficient (Wildman–Crippen LogP) is 6.61. The number of hydrogen-bond acceptors (Lipinski definition) is 4. The number of carbonyl (C=O) groups is 2. The molecule has 1 N–H and O–H groups in total. The highest BCUT2D eigenvalue weighted by Crippen LogP contribution is 2.58. The Balaban J connectivity index is 1.56. The van der Waals surface area contributed by atoms with Crippen molar-refractivity contribution < 1.29 is 35.9 Å². The Hall–Kier alpha value is -2.45. The van der Waals surface area contributed by atoms with Gasteiger partial charge in [-0.25, -0.2) is 19.6 Å². The van der Waals surface area contributed by atoms with Crippen LogP contribution < -0.4 is 5.43 Å². The predicted molar refractivity (Wildman–Crippen MR) is 129 cm³/mol. The molecule has 2 aromatic carbocycles. The summed E-state index contributed by atoms with van der Waals surface area (Å²) in [4.78, 5) is 25.1. The summed E-state index contributed by atoms with van der Waals surface area (Å²) in [7, 11) is 0. The van der Waals surface area contributed by atoms with Gasteiger partial charge in [0, 0.05) is 21.5 Å². The minimum atomic E-state index is -4.69. The van der Waals surface area contributed by atoms with E-state index in [0.717, 1.165) is 5.01 Å². The first-order valence-electron chi connectivity index (χ1n) is 10.4. The van der Waals surface area contributed by atoms with E-state index in [1.165, 1.54) is 43.3 Å². The van der Waals surface area contributed by atoms with Crippen LogP contribution >= 0.6 is 39.5 Å². The van der Waals surface area contributed by atoms with E-state index < -0.39 is 48.7 Å². The molecule has 15 heteroatoms. The Morgan fingerprint density at radius 1 is 1.19 bits per heavy atom. The lowest BCUT2D eigenvalue weighted by Gasteiger charge is -2.31. The van der Waals surface area contributed by atoms with Crippen LogP contribution in [0.5, 0.6) is 0 Å². The van der Waals surface area contributed by atoms with Crippen molar-refractivity contribution in [2.24, 2.45) is 4.40 Å². The fraction of sp³-hybridized carbons (Fsp3) is 0.318. The summed E-state index contributed by atoms with van der Waals surface area (Å²) < 4.78 is 83.1. The third kappa shape index (κ3) is 5.41. The van der Waals surface area contributed by atoms with Crippen molar-refractivity contribution in [1.82, 2.24) is 15.3 Å². The zero-order valence-electron chi connectivity index (χ0n) is 18.7. The van der Waals surface area contributed by atoms with Crippen LogP contribution in [0.3, 0.4) is 0 Å². The number of hydrazine groups is 1. The molecule has 37 heavy (non-hydrogen) atoms. The van der Waals surface area contributed by atoms with Crippen LogP contribution in [-0.2, 0) is 4.75 Å². The summed E-state index contributed by atoms with van der Waals surface area (Å²) in [5.74, 6) is -0.768. The van der Waals surface area contributed by atoms with E-state index >= 15 is 0 Å². The van der Waals surface area contributed by atoms with Gasteiger partial charge >= 0.3 is 18.4 Å². The van der Waals surface area contributed by atoms with Gasteiger partial charge in [-0.15, -0.1) is 0 Å². The molecule has 2 aromatic rings. The number of carbonyl (C=O) groups excluding carboxylic acids is 2. The van der Waals surface area contributed by atoms with Gasteiger partial charge in [0.05, 0.1) is 5.71 Å². The second-order valence-corrected chi connectivity index (χ2v) is 10.8. The SMILES string of the molecule is Cc1cc(C2=NSC(c3ccc(Br)cc3Cl)(C(F)(F)F)C2)ccc1C(=O)N1CN(CC(F)(F)F)C(=O)N1. The molecule has 198 valence electrons. The summed E-state index contributed by atoms with van der Waals surface area (Å²) in [6.45, 7) is -0.626. The first-order valence-corrected chi connectivity index (χ1v) is 12.4. The molecule has 1 fully saturated rings. The number of amides is 3. The van der Waals surface area contributed by atoms with Crippen LogP contribution in [0.1, 0.15) is 33.5 Å². The topological polar surface area (TPSA) is 65.0 Å². The van der Waals surface area contributed by atoms with Crippen molar-refractivity contribution in [3.8, 4) is 0 Å². The lowest BCUT2D eigenvalue weighted by atomic mass is 9.89. The molecule has 1 unspecified atom stereocenters. The maximum absolute atomic E-state index is 14.3. The summed E-state index contributed by atoms with van der Waals surface area (Å²) in [5, 5.41) is 0.670. The lowest BCUT2D eigenvalue weighted by molar-refractivity contribution is -0.159. The van der Waals surface area contributed by atoms with E-state index in [1.54, 1.807) is 0 Å². The van der Waals surface area contributed by atoms with Gasteiger partial charge in [-0.05, 0) is 59.8 Å². The summed E-state index contributed by atoms with van der Waals surface area (Å²) >= 11 is 9.71. The monoisotopic (exact) mass is 628 g/mol. The molecule has 0 aliphatic carbocycles. The zero-order chi connectivity index (χ0) is 27.3. The van der Waals surface area contributed by atoms with Gasteiger partial charge in [0.1, 0.15) is 13.2 Å². The fourth-order valence-electron chi connectivity index (χ4n) is 3.99. The van der Waals surface area contributed by atoms with E-state index in [2.05, 4.69) is 25.8 Å². The largest absolute Gasteiger partial charge is 0.409 e. The molecule has 3 amide bonds. The number of benzene rings is 2. The van der Waals surface area contributed by atoms with Gasteiger partial charge in [-0.2, -0.15) is 26.3 Å². The Labute approximate surface area is 224 Å². The number of aryl methyl sites for hydroxylation is 1. The molecule has 2 aliphatic heterocycles. The Morgan fingerprint density at radius 2 is 1.89 bits per heavy atom. The highest BCUT2D eigenvalue weighted by atomic mass is 79.9. The van der Waals surface area contributed by atoms with Crippen molar-refractivity contribution in [2.75, 3.05) is 13.2 Å². The number of nitrogens with zero attached hydrogens (tertiary/aromatic N) is 3. The minimum absolute atomic E-state index is 0.0576. The third-order valence-electron chi connectivity index (χ3n) is 5.79. The smallest absolute Gasteiger partial charge is 0.295 e. The molecule has 0 radical (unpaired) electrons. The van der Waals surface area contributed by atoms with E-state index in [9.17, 15) is 35.9 Å². The highest BCUT2D eigenvalue weighted by molar-refractivity contribution is 9.10. The second kappa shape index (κ2) is 9.70. The van der Waals surface area contributed by atoms with E-state index in [0.29, 0.717) is 32.4 Å². The van der Waals surface area contributed by atoms with Gasteiger partial charge in [0.25, 0.3) is 5.91 Å². The molecule has 2 aliphatic rings. The number of alkyl halides is 6. The van der Waals surface area contributed by atoms with Crippen molar-refractivity contribution in [1.29, 1.82) is 0 Å². The Bertz CT molecular complexity index is 1300. The van der Waals surface area contributed by atoms with E-state index in [-0.39, 0.29) is 21.9 Å². The number of halogens is 8. The quantitative estimate of drug-likeness (QED) is 0.306. The molecule has 6 nitrogen and oxygen atoms in total. The molecule has 1 atom stereocenters. The number of rotatable bonds is 4. The molecule has 0 aromatic heterocycles. The minimum Gasteiger partial charge on any atom is -0.295 e. The van der Waals surface area contributed by atoms with Gasteiger partial charge < -0.3 is 0 Å². The molecule has 2 heterocycles. The Kier molecular flexibility index (Phi) is 7.23. The van der Waals surface area contributed by atoms with Gasteiger partial charge in [-0.1, -0.05) is 39.7 Å². The molecule has 0 bridgehead atoms. The van der Waals surface area contributed by atoms with E-state index in [4.69, 9.17) is 11.6 Å². The van der Waals surface area contributed by atoms with Crippen LogP contribution in [0, 0.1) is 6.92 Å². The number of urea groups is 1. The van der Waals surface area contributed by atoms with Gasteiger partial charge in [0.2, 0.25) is 0 Å². The molecule has 0 saturated carbocycles. The maximum atomic E-state index is 14.3. The van der Waals surface area contributed by atoms with Gasteiger partial charge in [0.15, 0.2) is 4.75 Å². The highest BCUT2D eigenvalue weighted by Gasteiger charge is 2.60. The molecule has 4 rings (SSSR count).